The van der Waals surface area contributed by atoms with Gasteiger partial charge in [0.2, 0.25) is 0 Å². The Morgan fingerprint density at radius 3 is 2.89 bits per heavy atom. The Morgan fingerprint density at radius 2 is 2.11 bits per heavy atom. The molecule has 0 aliphatic carbocycles. The third kappa shape index (κ3) is 2.06. The van der Waals surface area contributed by atoms with Gasteiger partial charge in [-0.1, -0.05) is 23.7 Å². The Balaban J connectivity index is 2.05. The van der Waals surface area contributed by atoms with Gasteiger partial charge in [0.25, 0.3) is 0 Å². The van der Waals surface area contributed by atoms with Crippen molar-refractivity contribution >= 4 is 23.1 Å². The van der Waals surface area contributed by atoms with Crippen molar-refractivity contribution in [3.05, 3.63) is 58.1 Å². The number of ketones is 1. The number of rotatable bonds is 2. The molecule has 96 valence electrons. The number of carbonyl (C=O) groups is 1. The first-order valence-corrected chi connectivity index (χ1v) is 6.39. The lowest BCUT2D eigenvalue weighted by Gasteiger charge is -2.08. The van der Waals surface area contributed by atoms with Crippen LogP contribution in [0, 0.1) is 0 Å². The summed E-state index contributed by atoms with van der Waals surface area (Å²) in [6, 6.07) is 10.5. The summed E-state index contributed by atoms with van der Waals surface area (Å²) in [7, 11) is 0. The first kappa shape index (κ1) is 12.1. The van der Waals surface area contributed by atoms with Gasteiger partial charge in [0, 0.05) is 12.0 Å². The van der Waals surface area contributed by atoms with Gasteiger partial charge in [0.05, 0.1) is 22.9 Å². The number of benzene rings is 2. The summed E-state index contributed by atoms with van der Waals surface area (Å²) in [5.74, 6) is 0.600. The summed E-state index contributed by atoms with van der Waals surface area (Å²) in [5.41, 5.74) is 8.31. The zero-order valence-electron chi connectivity index (χ0n) is 10.2. The first-order valence-electron chi connectivity index (χ1n) is 6.01. The van der Waals surface area contributed by atoms with Gasteiger partial charge < -0.3 is 10.5 Å². The summed E-state index contributed by atoms with van der Waals surface area (Å²) in [6.07, 6.45) is 0.846. The third-order valence-corrected chi connectivity index (χ3v) is 3.56. The van der Waals surface area contributed by atoms with Crippen LogP contribution in [0.2, 0.25) is 5.02 Å². The van der Waals surface area contributed by atoms with Crippen LogP contribution in [0.25, 0.3) is 0 Å². The van der Waals surface area contributed by atoms with E-state index in [2.05, 4.69) is 0 Å². The highest BCUT2D eigenvalue weighted by Crippen LogP contribution is 2.31. The second-order valence-electron chi connectivity index (χ2n) is 4.46. The molecule has 2 N–H and O–H groups in total. The minimum absolute atomic E-state index is 0.0953. The number of nitrogen functional groups attached to an aromatic ring is 1. The fourth-order valence-corrected chi connectivity index (χ4v) is 2.35. The smallest absolute Gasteiger partial charge is 0.196 e. The molecule has 0 saturated carbocycles. The molecule has 2 aromatic carbocycles. The molecule has 3 rings (SSSR count). The summed E-state index contributed by atoms with van der Waals surface area (Å²) >= 11 is 5.86. The van der Waals surface area contributed by atoms with E-state index in [4.69, 9.17) is 22.1 Å². The summed E-state index contributed by atoms with van der Waals surface area (Å²) in [5, 5.41) is 0.450. The van der Waals surface area contributed by atoms with Gasteiger partial charge in [0.15, 0.2) is 5.78 Å². The van der Waals surface area contributed by atoms with Crippen molar-refractivity contribution in [3.63, 3.8) is 0 Å². The number of para-hydroxylation sites is 1. The Morgan fingerprint density at radius 1 is 1.26 bits per heavy atom. The predicted molar refractivity (Wildman–Crippen MR) is 74.9 cm³/mol. The minimum atomic E-state index is -0.0953. The molecule has 0 bridgehead atoms. The highest BCUT2D eigenvalue weighted by molar-refractivity contribution is 6.33. The zero-order valence-corrected chi connectivity index (χ0v) is 10.9. The second kappa shape index (κ2) is 4.59. The Bertz CT molecular complexity index is 667. The molecular weight excluding hydrogens is 262 g/mol. The lowest BCUT2D eigenvalue weighted by molar-refractivity contribution is 0.103. The largest absolute Gasteiger partial charge is 0.492 e. The van der Waals surface area contributed by atoms with Gasteiger partial charge in [-0.25, -0.2) is 0 Å². The number of hydrogen-bond donors (Lipinski definition) is 1. The molecule has 0 spiro atoms. The molecule has 0 unspecified atom stereocenters. The Kier molecular flexibility index (Phi) is 2.91. The van der Waals surface area contributed by atoms with Gasteiger partial charge in [-0.15, -0.1) is 0 Å². The average molecular weight is 274 g/mol. The van der Waals surface area contributed by atoms with E-state index in [0.717, 1.165) is 12.0 Å². The molecule has 1 aliphatic heterocycles. The molecule has 0 saturated heterocycles. The van der Waals surface area contributed by atoms with E-state index in [1.807, 2.05) is 12.1 Å². The van der Waals surface area contributed by atoms with Crippen molar-refractivity contribution in [2.24, 2.45) is 0 Å². The summed E-state index contributed by atoms with van der Waals surface area (Å²) in [4.78, 5) is 12.5. The second-order valence-corrected chi connectivity index (χ2v) is 4.86. The van der Waals surface area contributed by atoms with Crippen LogP contribution >= 0.6 is 11.6 Å². The lowest BCUT2D eigenvalue weighted by atomic mass is 9.99. The molecular formula is C15H12ClNO2. The summed E-state index contributed by atoms with van der Waals surface area (Å²) in [6.45, 7) is 0.627. The number of carbonyl (C=O) groups excluding carboxylic acids is 1. The lowest BCUT2D eigenvalue weighted by Crippen LogP contribution is -2.04. The molecule has 1 aliphatic rings. The van der Waals surface area contributed by atoms with Gasteiger partial charge >= 0.3 is 0 Å². The minimum Gasteiger partial charge on any atom is -0.492 e. The molecule has 0 fully saturated rings. The van der Waals surface area contributed by atoms with Crippen LogP contribution in [0.4, 0.5) is 5.69 Å². The maximum Gasteiger partial charge on any atom is 0.196 e. The maximum absolute atomic E-state index is 12.5. The Labute approximate surface area is 115 Å². The average Bonchev–Trinajstić information content (AvgIpc) is 2.89. The summed E-state index contributed by atoms with van der Waals surface area (Å²) < 4.78 is 5.55. The van der Waals surface area contributed by atoms with E-state index in [1.165, 1.54) is 0 Å². The number of hydrogen-bond acceptors (Lipinski definition) is 3. The van der Waals surface area contributed by atoms with Crippen molar-refractivity contribution < 1.29 is 9.53 Å². The van der Waals surface area contributed by atoms with Gasteiger partial charge in [-0.3, -0.25) is 4.79 Å². The van der Waals surface area contributed by atoms with Crippen LogP contribution < -0.4 is 10.5 Å². The van der Waals surface area contributed by atoms with Crippen molar-refractivity contribution in [2.75, 3.05) is 12.3 Å². The maximum atomic E-state index is 12.5. The van der Waals surface area contributed by atoms with Crippen LogP contribution in [0.15, 0.2) is 36.4 Å². The van der Waals surface area contributed by atoms with E-state index in [9.17, 15) is 4.79 Å². The molecule has 3 nitrogen and oxygen atoms in total. The van der Waals surface area contributed by atoms with Crippen LogP contribution in [-0.2, 0) is 6.42 Å². The quantitative estimate of drug-likeness (QED) is 0.676. The Hall–Kier alpha value is -2.00. The molecule has 0 atom stereocenters. The number of nitrogens with two attached hydrogens (primary N) is 1. The number of fused-ring (bicyclic) bond motifs is 1. The van der Waals surface area contributed by atoms with E-state index in [-0.39, 0.29) is 5.78 Å². The SMILES string of the molecule is Nc1cc(C(=O)c2cccc3c2OCC3)ccc1Cl. The van der Waals surface area contributed by atoms with Crippen LogP contribution in [0.1, 0.15) is 21.5 Å². The highest BCUT2D eigenvalue weighted by Gasteiger charge is 2.21. The highest BCUT2D eigenvalue weighted by atomic mass is 35.5. The standard InChI is InChI=1S/C15H12ClNO2/c16-12-5-4-10(8-13(12)17)14(18)11-3-1-2-9-6-7-19-15(9)11/h1-5,8H,6-7,17H2. The van der Waals surface area contributed by atoms with E-state index in [1.54, 1.807) is 24.3 Å². The van der Waals surface area contributed by atoms with E-state index >= 15 is 0 Å². The van der Waals surface area contributed by atoms with Crippen molar-refractivity contribution in [1.82, 2.24) is 0 Å². The third-order valence-electron chi connectivity index (χ3n) is 3.22. The van der Waals surface area contributed by atoms with Crippen molar-refractivity contribution in [2.45, 2.75) is 6.42 Å². The van der Waals surface area contributed by atoms with Gasteiger partial charge in [0.1, 0.15) is 5.75 Å². The molecule has 19 heavy (non-hydrogen) atoms. The molecule has 2 aromatic rings. The van der Waals surface area contributed by atoms with Crippen molar-refractivity contribution in [3.8, 4) is 5.75 Å². The van der Waals surface area contributed by atoms with E-state index < -0.39 is 0 Å². The fourth-order valence-electron chi connectivity index (χ4n) is 2.23. The zero-order chi connectivity index (χ0) is 13.4. The van der Waals surface area contributed by atoms with Crippen molar-refractivity contribution in [1.29, 1.82) is 0 Å². The first-order chi connectivity index (χ1) is 9.16. The normalized spacial score (nSPS) is 12.9. The van der Waals surface area contributed by atoms with Crippen LogP contribution in [0.5, 0.6) is 5.75 Å². The predicted octanol–water partition coefficient (Wildman–Crippen LogP) is 3.09. The van der Waals surface area contributed by atoms with E-state index in [0.29, 0.717) is 34.2 Å². The number of halogens is 1. The fraction of sp³-hybridized carbons (Fsp3) is 0.133. The number of anilines is 1. The topological polar surface area (TPSA) is 52.3 Å². The molecule has 0 aromatic heterocycles. The molecule has 0 amide bonds. The molecule has 0 radical (unpaired) electrons. The molecule has 4 heteroatoms. The van der Waals surface area contributed by atoms with Crippen LogP contribution in [-0.4, -0.2) is 12.4 Å². The number of ether oxygens (including phenoxy) is 1. The van der Waals surface area contributed by atoms with Crippen LogP contribution in [0.3, 0.4) is 0 Å². The monoisotopic (exact) mass is 273 g/mol. The van der Waals surface area contributed by atoms with Gasteiger partial charge in [-0.2, -0.15) is 0 Å². The van der Waals surface area contributed by atoms with Gasteiger partial charge in [-0.05, 0) is 29.8 Å². The molecule has 1 heterocycles.